The minimum Gasteiger partial charge on any atom is -0.321 e. The molecule has 0 aliphatic rings. The van der Waals surface area contributed by atoms with E-state index in [0.717, 1.165) is 11.1 Å². The van der Waals surface area contributed by atoms with Crippen LogP contribution in [0.1, 0.15) is 5.56 Å². The smallest absolute Gasteiger partial charge is 0.217 e. The molecule has 2 heteroatoms. The van der Waals surface area contributed by atoms with Crippen LogP contribution in [0.3, 0.4) is 0 Å². The molecular formula is C15H14NO. The molecule has 0 heterocycles. The van der Waals surface area contributed by atoms with Gasteiger partial charge in [-0.25, -0.2) is 0 Å². The Kier molecular flexibility index (Phi) is 3.68. The van der Waals surface area contributed by atoms with Gasteiger partial charge in [-0.3, -0.25) is 4.79 Å². The molecule has 2 N–H and O–H groups in total. The van der Waals surface area contributed by atoms with Gasteiger partial charge in [0.2, 0.25) is 6.29 Å². The van der Waals surface area contributed by atoms with E-state index in [0.29, 0.717) is 6.42 Å². The summed E-state index contributed by atoms with van der Waals surface area (Å²) in [5.74, 6) is 0. The summed E-state index contributed by atoms with van der Waals surface area (Å²) < 4.78 is 0. The first kappa shape index (κ1) is 11.6. The van der Waals surface area contributed by atoms with Gasteiger partial charge in [-0.05, 0) is 23.1 Å². The zero-order chi connectivity index (χ0) is 12.1. The van der Waals surface area contributed by atoms with Crippen molar-refractivity contribution in [2.75, 3.05) is 0 Å². The Labute approximate surface area is 101 Å². The van der Waals surface area contributed by atoms with Crippen LogP contribution in [0.15, 0.2) is 54.6 Å². The second-order valence-corrected chi connectivity index (χ2v) is 3.99. The molecule has 0 spiro atoms. The Balaban J connectivity index is 2.16. The summed E-state index contributed by atoms with van der Waals surface area (Å²) in [6, 6.07) is 17.7. The minimum absolute atomic E-state index is 0.530. The number of benzene rings is 2. The molecule has 17 heavy (non-hydrogen) atoms. The van der Waals surface area contributed by atoms with Crippen molar-refractivity contribution in [1.29, 1.82) is 0 Å². The van der Waals surface area contributed by atoms with Crippen molar-refractivity contribution in [1.82, 2.24) is 0 Å². The second kappa shape index (κ2) is 5.41. The molecule has 85 valence electrons. The average Bonchev–Trinajstić information content (AvgIpc) is 2.40. The second-order valence-electron chi connectivity index (χ2n) is 3.99. The summed E-state index contributed by atoms with van der Waals surface area (Å²) in [7, 11) is 0. The standard InChI is InChI=1S/C15H14NO/c16-15(11-17)10-12-6-8-14(9-7-12)13-4-2-1-3-5-13/h1-9,15H,10,16H2/t15-/m0/s1. The third-order valence-electron chi connectivity index (χ3n) is 2.67. The number of rotatable bonds is 4. The zero-order valence-electron chi connectivity index (χ0n) is 9.47. The fourth-order valence-corrected chi connectivity index (χ4v) is 1.76. The van der Waals surface area contributed by atoms with E-state index in [-0.39, 0.29) is 0 Å². The highest BCUT2D eigenvalue weighted by atomic mass is 16.1. The normalized spacial score (nSPS) is 12.1. The third kappa shape index (κ3) is 3.02. The van der Waals surface area contributed by atoms with E-state index >= 15 is 0 Å². The van der Waals surface area contributed by atoms with Crippen molar-refractivity contribution in [3.8, 4) is 11.1 Å². The number of hydrogen-bond donors (Lipinski definition) is 1. The van der Waals surface area contributed by atoms with Crippen LogP contribution in [0.4, 0.5) is 0 Å². The first-order valence-corrected chi connectivity index (χ1v) is 5.57. The molecule has 0 fully saturated rings. The Morgan fingerprint density at radius 2 is 1.53 bits per heavy atom. The predicted octanol–water partition coefficient (Wildman–Crippen LogP) is 2.33. The summed E-state index contributed by atoms with van der Waals surface area (Å²) in [6.07, 6.45) is 2.33. The Bertz CT molecular complexity index is 476. The molecule has 0 aromatic heterocycles. The van der Waals surface area contributed by atoms with Gasteiger partial charge in [0.05, 0.1) is 6.04 Å². The number of hydrogen-bond acceptors (Lipinski definition) is 2. The van der Waals surface area contributed by atoms with Crippen molar-refractivity contribution in [3.63, 3.8) is 0 Å². The van der Waals surface area contributed by atoms with Crippen molar-refractivity contribution in [3.05, 3.63) is 60.2 Å². The van der Waals surface area contributed by atoms with Crippen LogP contribution in [0.5, 0.6) is 0 Å². The summed E-state index contributed by atoms with van der Waals surface area (Å²) in [5.41, 5.74) is 8.94. The highest BCUT2D eigenvalue weighted by Crippen LogP contribution is 2.19. The molecule has 0 saturated heterocycles. The molecule has 2 rings (SSSR count). The van der Waals surface area contributed by atoms with Crippen molar-refractivity contribution in [2.45, 2.75) is 12.5 Å². The van der Waals surface area contributed by atoms with Crippen LogP contribution in [-0.4, -0.2) is 12.3 Å². The summed E-state index contributed by atoms with van der Waals surface area (Å²) in [5, 5.41) is 0. The fourth-order valence-electron chi connectivity index (χ4n) is 1.76. The lowest BCUT2D eigenvalue weighted by molar-refractivity contribution is 0.541. The molecule has 0 saturated carbocycles. The van der Waals surface area contributed by atoms with E-state index in [1.54, 1.807) is 6.29 Å². The quantitative estimate of drug-likeness (QED) is 0.866. The average molecular weight is 224 g/mol. The van der Waals surface area contributed by atoms with Gasteiger partial charge in [0, 0.05) is 0 Å². The first-order chi connectivity index (χ1) is 8.29. The molecule has 1 atom stereocenters. The minimum atomic E-state index is -0.530. The van der Waals surface area contributed by atoms with Crippen molar-refractivity contribution < 1.29 is 4.79 Å². The van der Waals surface area contributed by atoms with E-state index in [9.17, 15) is 4.79 Å². The van der Waals surface area contributed by atoms with Crippen LogP contribution in [0, 0.1) is 0 Å². The predicted molar refractivity (Wildman–Crippen MR) is 69.3 cm³/mol. The van der Waals surface area contributed by atoms with Crippen LogP contribution < -0.4 is 5.73 Å². The highest BCUT2D eigenvalue weighted by Gasteiger charge is 2.03. The lowest BCUT2D eigenvalue weighted by Crippen LogP contribution is -2.23. The summed E-state index contributed by atoms with van der Waals surface area (Å²) >= 11 is 0. The molecule has 0 bridgehead atoms. The van der Waals surface area contributed by atoms with Crippen LogP contribution >= 0.6 is 0 Å². The fraction of sp³-hybridized carbons (Fsp3) is 0.133. The third-order valence-corrected chi connectivity index (χ3v) is 2.67. The van der Waals surface area contributed by atoms with Gasteiger partial charge in [-0.1, -0.05) is 54.6 Å². The molecule has 2 aromatic rings. The van der Waals surface area contributed by atoms with Crippen LogP contribution in [-0.2, 0) is 11.2 Å². The van der Waals surface area contributed by atoms with Crippen molar-refractivity contribution >= 4 is 6.29 Å². The van der Waals surface area contributed by atoms with Gasteiger partial charge in [0.1, 0.15) is 0 Å². The van der Waals surface area contributed by atoms with Gasteiger partial charge < -0.3 is 5.73 Å². The van der Waals surface area contributed by atoms with Gasteiger partial charge in [-0.15, -0.1) is 0 Å². The van der Waals surface area contributed by atoms with E-state index in [4.69, 9.17) is 5.73 Å². The van der Waals surface area contributed by atoms with Gasteiger partial charge >= 0.3 is 0 Å². The van der Waals surface area contributed by atoms with Crippen LogP contribution in [0.2, 0.25) is 0 Å². The lowest BCUT2D eigenvalue weighted by Gasteiger charge is -2.05. The lowest BCUT2D eigenvalue weighted by atomic mass is 10.0. The Hall–Kier alpha value is -1.93. The summed E-state index contributed by atoms with van der Waals surface area (Å²) in [4.78, 5) is 10.3. The maximum absolute atomic E-state index is 10.3. The van der Waals surface area contributed by atoms with Crippen molar-refractivity contribution in [2.24, 2.45) is 5.73 Å². The van der Waals surface area contributed by atoms with Gasteiger partial charge in [0.15, 0.2) is 0 Å². The maximum atomic E-state index is 10.3. The SMILES string of the molecule is N[C@H]([C]=O)Cc1ccc(-c2ccccc2)cc1. The summed E-state index contributed by atoms with van der Waals surface area (Å²) in [6.45, 7) is 0. The highest BCUT2D eigenvalue weighted by molar-refractivity contribution is 5.64. The molecule has 0 aliphatic heterocycles. The maximum Gasteiger partial charge on any atom is 0.217 e. The van der Waals surface area contributed by atoms with Crippen LogP contribution in [0.25, 0.3) is 11.1 Å². The Morgan fingerprint density at radius 3 is 2.12 bits per heavy atom. The zero-order valence-corrected chi connectivity index (χ0v) is 9.47. The Morgan fingerprint density at radius 1 is 0.941 bits per heavy atom. The van der Waals surface area contributed by atoms with Gasteiger partial charge in [-0.2, -0.15) is 0 Å². The molecule has 0 aliphatic carbocycles. The molecule has 2 nitrogen and oxygen atoms in total. The van der Waals surface area contributed by atoms with E-state index < -0.39 is 6.04 Å². The molecule has 2 aromatic carbocycles. The molecule has 0 amide bonds. The topological polar surface area (TPSA) is 43.1 Å². The number of carbonyl (C=O) groups excluding carboxylic acids is 1. The molecule has 0 unspecified atom stereocenters. The van der Waals surface area contributed by atoms with E-state index in [1.807, 2.05) is 42.5 Å². The molecule has 1 radical (unpaired) electrons. The van der Waals surface area contributed by atoms with Gasteiger partial charge in [0.25, 0.3) is 0 Å². The van der Waals surface area contributed by atoms with E-state index in [1.165, 1.54) is 5.56 Å². The molecular weight excluding hydrogens is 210 g/mol. The monoisotopic (exact) mass is 224 g/mol. The first-order valence-electron chi connectivity index (χ1n) is 5.57. The largest absolute Gasteiger partial charge is 0.321 e. The van der Waals surface area contributed by atoms with E-state index in [2.05, 4.69) is 12.1 Å². The number of nitrogens with two attached hydrogens (primary N) is 1.